The molecule has 0 radical (unpaired) electrons. The quantitative estimate of drug-likeness (QED) is 0.680. The number of aromatic nitrogens is 4. The van der Waals surface area contributed by atoms with Gasteiger partial charge in [0.1, 0.15) is 12.1 Å². The predicted molar refractivity (Wildman–Crippen MR) is 47.5 cm³/mol. The van der Waals surface area contributed by atoms with Crippen molar-refractivity contribution in [1.82, 2.24) is 19.9 Å². The molecule has 0 aliphatic carbocycles. The summed E-state index contributed by atoms with van der Waals surface area (Å²) in [4.78, 5) is 15.7. The van der Waals surface area contributed by atoms with Gasteiger partial charge >= 0.3 is 0 Å². The van der Waals surface area contributed by atoms with E-state index in [1.807, 2.05) is 0 Å². The lowest BCUT2D eigenvalue weighted by Crippen LogP contribution is -1.93. The van der Waals surface area contributed by atoms with Crippen molar-refractivity contribution in [3.05, 3.63) is 31.1 Å². The van der Waals surface area contributed by atoms with Crippen LogP contribution in [0.2, 0.25) is 0 Å². The van der Waals surface area contributed by atoms with Crippen molar-refractivity contribution in [2.45, 2.75) is 0 Å². The number of hydrogen-bond donors (Lipinski definition) is 1. The van der Waals surface area contributed by atoms with Crippen molar-refractivity contribution >= 4 is 5.82 Å². The standard InChI is InChI=1S/C8H7N5/c9-8-4-10-3-7(13-8)6-1-11-5-12-2-6/h1-5H,(H2,9,13). The fourth-order valence-corrected chi connectivity index (χ4v) is 0.952. The normalized spacial score (nSPS) is 9.85. The van der Waals surface area contributed by atoms with E-state index in [1.165, 1.54) is 12.5 Å². The van der Waals surface area contributed by atoms with Gasteiger partial charge in [-0.25, -0.2) is 15.0 Å². The second-order valence-corrected chi connectivity index (χ2v) is 2.46. The van der Waals surface area contributed by atoms with Gasteiger partial charge in [0.25, 0.3) is 0 Å². The minimum absolute atomic E-state index is 0.390. The second-order valence-electron chi connectivity index (χ2n) is 2.46. The first-order chi connectivity index (χ1) is 6.36. The summed E-state index contributed by atoms with van der Waals surface area (Å²) in [5, 5.41) is 0. The number of nitrogen functional groups attached to an aromatic ring is 1. The SMILES string of the molecule is Nc1cncc(-c2cncnc2)n1. The summed E-state index contributed by atoms with van der Waals surface area (Å²) in [5.74, 6) is 0.390. The monoisotopic (exact) mass is 173 g/mol. The Hall–Kier alpha value is -2.04. The first kappa shape index (κ1) is 7.60. The summed E-state index contributed by atoms with van der Waals surface area (Å²) in [5.41, 5.74) is 6.97. The third kappa shape index (κ3) is 1.58. The molecule has 0 spiro atoms. The summed E-state index contributed by atoms with van der Waals surface area (Å²) in [7, 11) is 0. The highest BCUT2D eigenvalue weighted by atomic mass is 14.9. The summed E-state index contributed by atoms with van der Waals surface area (Å²) in [6.45, 7) is 0. The van der Waals surface area contributed by atoms with Gasteiger partial charge in [-0.05, 0) is 0 Å². The molecule has 0 saturated carbocycles. The lowest BCUT2D eigenvalue weighted by atomic mass is 10.2. The summed E-state index contributed by atoms with van der Waals surface area (Å²) in [6.07, 6.45) is 7.90. The molecule has 0 aliphatic heterocycles. The maximum atomic E-state index is 5.48. The van der Waals surface area contributed by atoms with Crippen molar-refractivity contribution in [2.75, 3.05) is 5.73 Å². The number of nitrogens with zero attached hydrogens (tertiary/aromatic N) is 4. The molecule has 5 nitrogen and oxygen atoms in total. The third-order valence-corrected chi connectivity index (χ3v) is 1.51. The van der Waals surface area contributed by atoms with Crippen LogP contribution >= 0.6 is 0 Å². The Morgan fingerprint density at radius 2 is 1.69 bits per heavy atom. The fraction of sp³-hybridized carbons (Fsp3) is 0. The minimum atomic E-state index is 0.390. The zero-order valence-corrected chi connectivity index (χ0v) is 6.75. The molecule has 0 bridgehead atoms. The van der Waals surface area contributed by atoms with Gasteiger partial charge in [0.05, 0.1) is 18.1 Å². The first-order valence-electron chi connectivity index (χ1n) is 3.69. The maximum Gasteiger partial charge on any atom is 0.142 e. The van der Waals surface area contributed by atoms with Gasteiger partial charge in [-0.2, -0.15) is 0 Å². The number of hydrogen-bond acceptors (Lipinski definition) is 5. The van der Waals surface area contributed by atoms with Crippen molar-refractivity contribution in [3.63, 3.8) is 0 Å². The Labute approximate surface area is 74.7 Å². The molecule has 0 unspecified atom stereocenters. The largest absolute Gasteiger partial charge is 0.382 e. The zero-order valence-electron chi connectivity index (χ0n) is 6.75. The van der Waals surface area contributed by atoms with E-state index in [1.54, 1.807) is 18.6 Å². The van der Waals surface area contributed by atoms with Crippen molar-refractivity contribution in [3.8, 4) is 11.3 Å². The molecule has 0 fully saturated rings. The van der Waals surface area contributed by atoms with Crippen LogP contribution in [0.15, 0.2) is 31.1 Å². The molecule has 0 aromatic carbocycles. The second kappa shape index (κ2) is 3.14. The number of nitrogens with two attached hydrogens (primary N) is 1. The molecule has 0 atom stereocenters. The van der Waals surface area contributed by atoms with E-state index in [0.717, 1.165) is 5.56 Å². The summed E-state index contributed by atoms with van der Waals surface area (Å²) in [6, 6.07) is 0. The number of anilines is 1. The molecular formula is C8H7N5. The molecule has 2 heterocycles. The van der Waals surface area contributed by atoms with Crippen LogP contribution in [0.4, 0.5) is 5.82 Å². The van der Waals surface area contributed by atoms with E-state index in [0.29, 0.717) is 11.5 Å². The Bertz CT molecular complexity index is 400. The van der Waals surface area contributed by atoms with Gasteiger partial charge in [-0.15, -0.1) is 0 Å². The molecule has 2 rings (SSSR count). The number of rotatable bonds is 1. The van der Waals surface area contributed by atoms with Crippen LogP contribution in [-0.2, 0) is 0 Å². The van der Waals surface area contributed by atoms with Gasteiger partial charge in [0.2, 0.25) is 0 Å². The van der Waals surface area contributed by atoms with E-state index in [4.69, 9.17) is 5.73 Å². The minimum Gasteiger partial charge on any atom is -0.382 e. The van der Waals surface area contributed by atoms with Crippen molar-refractivity contribution in [1.29, 1.82) is 0 Å². The summed E-state index contributed by atoms with van der Waals surface area (Å²) < 4.78 is 0. The average molecular weight is 173 g/mol. The zero-order chi connectivity index (χ0) is 9.10. The van der Waals surface area contributed by atoms with Crippen LogP contribution in [-0.4, -0.2) is 19.9 Å². The van der Waals surface area contributed by atoms with Gasteiger partial charge in [-0.1, -0.05) is 0 Å². The molecule has 0 amide bonds. The Morgan fingerprint density at radius 3 is 2.38 bits per heavy atom. The van der Waals surface area contributed by atoms with Crippen LogP contribution in [0, 0.1) is 0 Å². The molecule has 64 valence electrons. The Kier molecular flexibility index (Phi) is 1.84. The van der Waals surface area contributed by atoms with Gasteiger partial charge < -0.3 is 5.73 Å². The molecule has 2 aromatic heterocycles. The van der Waals surface area contributed by atoms with Gasteiger partial charge in [0, 0.05) is 18.0 Å². The Morgan fingerprint density at radius 1 is 0.923 bits per heavy atom. The highest BCUT2D eigenvalue weighted by Gasteiger charge is 1.99. The van der Waals surface area contributed by atoms with E-state index in [9.17, 15) is 0 Å². The van der Waals surface area contributed by atoms with Gasteiger partial charge in [-0.3, -0.25) is 4.98 Å². The highest BCUT2D eigenvalue weighted by molar-refractivity contribution is 5.56. The highest BCUT2D eigenvalue weighted by Crippen LogP contribution is 2.13. The third-order valence-electron chi connectivity index (χ3n) is 1.51. The van der Waals surface area contributed by atoms with Crippen LogP contribution in [0.3, 0.4) is 0 Å². The van der Waals surface area contributed by atoms with E-state index in [-0.39, 0.29) is 0 Å². The predicted octanol–water partition coefficient (Wildman–Crippen LogP) is 0.516. The molecule has 5 heteroatoms. The van der Waals surface area contributed by atoms with Gasteiger partial charge in [0.15, 0.2) is 0 Å². The van der Waals surface area contributed by atoms with Crippen LogP contribution in [0.5, 0.6) is 0 Å². The van der Waals surface area contributed by atoms with E-state index >= 15 is 0 Å². The van der Waals surface area contributed by atoms with E-state index in [2.05, 4.69) is 19.9 Å². The molecular weight excluding hydrogens is 166 g/mol. The van der Waals surface area contributed by atoms with Crippen LogP contribution in [0.1, 0.15) is 0 Å². The average Bonchev–Trinajstić information content (AvgIpc) is 2.19. The van der Waals surface area contributed by atoms with Crippen molar-refractivity contribution in [2.24, 2.45) is 0 Å². The first-order valence-corrected chi connectivity index (χ1v) is 3.69. The molecule has 2 N–H and O–H groups in total. The lowest BCUT2D eigenvalue weighted by Gasteiger charge is -1.98. The maximum absolute atomic E-state index is 5.48. The van der Waals surface area contributed by atoms with Crippen LogP contribution < -0.4 is 5.73 Å². The molecule has 13 heavy (non-hydrogen) atoms. The Balaban J connectivity index is 2.48. The topological polar surface area (TPSA) is 77.6 Å². The fourth-order valence-electron chi connectivity index (χ4n) is 0.952. The molecule has 0 saturated heterocycles. The smallest absolute Gasteiger partial charge is 0.142 e. The summed E-state index contributed by atoms with van der Waals surface area (Å²) >= 11 is 0. The molecule has 2 aromatic rings. The van der Waals surface area contributed by atoms with Crippen LogP contribution in [0.25, 0.3) is 11.3 Å². The van der Waals surface area contributed by atoms with E-state index < -0.39 is 0 Å². The van der Waals surface area contributed by atoms with Crippen molar-refractivity contribution < 1.29 is 0 Å². The molecule has 0 aliphatic rings. The lowest BCUT2D eigenvalue weighted by molar-refractivity contribution is 1.14.